The molecule has 3 nitrogen and oxygen atoms in total. The van der Waals surface area contributed by atoms with E-state index in [1.54, 1.807) is 7.11 Å². The van der Waals surface area contributed by atoms with Crippen LogP contribution in [-0.4, -0.2) is 50.3 Å². The van der Waals surface area contributed by atoms with E-state index in [-0.39, 0.29) is 5.54 Å². The molecule has 0 aromatic rings. The van der Waals surface area contributed by atoms with E-state index in [4.69, 9.17) is 4.74 Å². The lowest BCUT2D eigenvalue weighted by molar-refractivity contribution is 0.152. The van der Waals surface area contributed by atoms with Gasteiger partial charge in [-0.05, 0) is 41.2 Å². The molecule has 0 heterocycles. The first-order valence-corrected chi connectivity index (χ1v) is 5.81. The third-order valence-electron chi connectivity index (χ3n) is 2.61. The van der Waals surface area contributed by atoms with Crippen molar-refractivity contribution in [1.82, 2.24) is 10.2 Å². The fourth-order valence-corrected chi connectivity index (χ4v) is 1.34. The molecular formula is C12H28N2O. The maximum absolute atomic E-state index is 5.08. The quantitative estimate of drug-likeness (QED) is 0.701. The summed E-state index contributed by atoms with van der Waals surface area (Å²) in [6.45, 7) is 11.8. The van der Waals surface area contributed by atoms with E-state index in [1.807, 2.05) is 0 Å². The predicted octanol–water partition coefficient (Wildman–Crippen LogP) is 1.73. The Morgan fingerprint density at radius 3 is 2.40 bits per heavy atom. The topological polar surface area (TPSA) is 24.5 Å². The maximum Gasteiger partial charge on any atom is 0.0477 e. The van der Waals surface area contributed by atoms with Crippen LogP contribution < -0.4 is 5.32 Å². The molecule has 0 aliphatic carbocycles. The summed E-state index contributed by atoms with van der Waals surface area (Å²) in [5.74, 6) is 0. The molecule has 0 rings (SSSR count). The standard InChI is InChI=1S/C12H28N2O/c1-11(7-10-15-6)14(5)9-8-13-12(2,3)4/h11,13H,7-10H2,1-6H3. The van der Waals surface area contributed by atoms with Crippen LogP contribution in [0.4, 0.5) is 0 Å². The fraction of sp³-hybridized carbons (Fsp3) is 1.00. The van der Waals surface area contributed by atoms with Crippen molar-refractivity contribution in [2.24, 2.45) is 0 Å². The highest BCUT2D eigenvalue weighted by atomic mass is 16.5. The molecule has 0 saturated heterocycles. The average molecular weight is 216 g/mol. The summed E-state index contributed by atoms with van der Waals surface area (Å²) in [4.78, 5) is 2.37. The second-order valence-corrected chi connectivity index (χ2v) is 5.29. The van der Waals surface area contributed by atoms with E-state index in [2.05, 4.69) is 45.0 Å². The number of hydrogen-bond donors (Lipinski definition) is 1. The summed E-state index contributed by atoms with van der Waals surface area (Å²) in [6, 6.07) is 0.590. The van der Waals surface area contributed by atoms with Gasteiger partial charge in [-0.2, -0.15) is 0 Å². The minimum atomic E-state index is 0.219. The van der Waals surface area contributed by atoms with Crippen molar-refractivity contribution in [2.45, 2.75) is 45.7 Å². The summed E-state index contributed by atoms with van der Waals surface area (Å²) >= 11 is 0. The Morgan fingerprint density at radius 2 is 1.93 bits per heavy atom. The number of rotatable bonds is 7. The van der Waals surface area contributed by atoms with Gasteiger partial charge in [-0.25, -0.2) is 0 Å². The van der Waals surface area contributed by atoms with Crippen LogP contribution in [0.3, 0.4) is 0 Å². The second kappa shape index (κ2) is 7.20. The van der Waals surface area contributed by atoms with Crippen LogP contribution in [0.1, 0.15) is 34.1 Å². The molecule has 0 aromatic heterocycles. The smallest absolute Gasteiger partial charge is 0.0477 e. The van der Waals surface area contributed by atoms with Gasteiger partial charge in [0.1, 0.15) is 0 Å². The summed E-state index contributed by atoms with van der Waals surface area (Å²) in [6.07, 6.45) is 1.10. The van der Waals surface area contributed by atoms with E-state index < -0.39 is 0 Å². The minimum absolute atomic E-state index is 0.219. The first-order chi connectivity index (χ1) is 6.87. The number of methoxy groups -OCH3 is 1. The van der Waals surface area contributed by atoms with Gasteiger partial charge in [0.25, 0.3) is 0 Å². The summed E-state index contributed by atoms with van der Waals surface area (Å²) < 4.78 is 5.08. The van der Waals surface area contributed by atoms with Gasteiger partial charge < -0.3 is 15.0 Å². The fourth-order valence-electron chi connectivity index (χ4n) is 1.34. The first-order valence-electron chi connectivity index (χ1n) is 5.81. The van der Waals surface area contributed by atoms with Crippen molar-refractivity contribution in [3.8, 4) is 0 Å². The van der Waals surface area contributed by atoms with Crippen molar-refractivity contribution in [3.05, 3.63) is 0 Å². The number of likely N-dealkylation sites (N-methyl/N-ethyl adjacent to an activating group) is 1. The van der Waals surface area contributed by atoms with Gasteiger partial charge >= 0.3 is 0 Å². The maximum atomic E-state index is 5.08. The molecule has 1 N–H and O–H groups in total. The Hall–Kier alpha value is -0.120. The van der Waals surface area contributed by atoms with Gasteiger partial charge in [-0.1, -0.05) is 0 Å². The lowest BCUT2D eigenvalue weighted by atomic mass is 10.1. The number of ether oxygens (including phenoxy) is 1. The van der Waals surface area contributed by atoms with Crippen molar-refractivity contribution in [3.63, 3.8) is 0 Å². The molecule has 0 radical (unpaired) electrons. The summed E-state index contributed by atoms with van der Waals surface area (Å²) in [5, 5.41) is 3.49. The average Bonchev–Trinajstić information content (AvgIpc) is 2.11. The molecule has 0 amide bonds. The molecule has 3 heteroatoms. The number of nitrogens with zero attached hydrogens (tertiary/aromatic N) is 1. The van der Waals surface area contributed by atoms with Crippen LogP contribution in [-0.2, 0) is 4.74 Å². The molecule has 0 aromatic carbocycles. The number of hydrogen-bond acceptors (Lipinski definition) is 3. The molecule has 92 valence electrons. The molecule has 0 saturated carbocycles. The predicted molar refractivity (Wildman–Crippen MR) is 66.3 cm³/mol. The van der Waals surface area contributed by atoms with Crippen molar-refractivity contribution >= 4 is 0 Å². The Morgan fingerprint density at radius 1 is 1.33 bits per heavy atom. The zero-order chi connectivity index (χ0) is 11.9. The van der Waals surface area contributed by atoms with Gasteiger partial charge in [-0.3, -0.25) is 0 Å². The molecule has 0 aliphatic heterocycles. The third kappa shape index (κ3) is 8.85. The van der Waals surface area contributed by atoms with Crippen molar-refractivity contribution in [2.75, 3.05) is 33.9 Å². The molecule has 0 fully saturated rings. The van der Waals surface area contributed by atoms with Crippen molar-refractivity contribution < 1.29 is 4.74 Å². The van der Waals surface area contributed by atoms with Gasteiger partial charge in [0.05, 0.1) is 0 Å². The molecule has 1 atom stereocenters. The van der Waals surface area contributed by atoms with Crippen LogP contribution in [0.15, 0.2) is 0 Å². The van der Waals surface area contributed by atoms with Crippen LogP contribution >= 0.6 is 0 Å². The van der Waals surface area contributed by atoms with Crippen LogP contribution in [0, 0.1) is 0 Å². The first kappa shape index (κ1) is 14.9. The zero-order valence-electron chi connectivity index (χ0n) is 11.3. The van der Waals surface area contributed by atoms with E-state index in [1.165, 1.54) is 0 Å². The summed E-state index contributed by atoms with van der Waals surface area (Å²) in [7, 11) is 3.93. The Kier molecular flexibility index (Phi) is 7.14. The Labute approximate surface area is 95.2 Å². The minimum Gasteiger partial charge on any atom is -0.385 e. The largest absolute Gasteiger partial charge is 0.385 e. The molecule has 1 unspecified atom stereocenters. The zero-order valence-corrected chi connectivity index (χ0v) is 11.3. The van der Waals surface area contributed by atoms with Gasteiger partial charge in [0.15, 0.2) is 0 Å². The second-order valence-electron chi connectivity index (χ2n) is 5.29. The highest BCUT2D eigenvalue weighted by molar-refractivity contribution is 4.72. The van der Waals surface area contributed by atoms with Crippen LogP contribution in [0.25, 0.3) is 0 Å². The molecular weight excluding hydrogens is 188 g/mol. The lowest BCUT2D eigenvalue weighted by Crippen LogP contribution is -2.42. The monoisotopic (exact) mass is 216 g/mol. The molecule has 0 bridgehead atoms. The normalized spacial score (nSPS) is 14.6. The summed E-state index contributed by atoms with van der Waals surface area (Å²) in [5.41, 5.74) is 0.219. The van der Waals surface area contributed by atoms with E-state index in [0.717, 1.165) is 26.1 Å². The van der Waals surface area contributed by atoms with Crippen molar-refractivity contribution in [1.29, 1.82) is 0 Å². The van der Waals surface area contributed by atoms with Crippen LogP contribution in [0.2, 0.25) is 0 Å². The number of nitrogens with one attached hydrogen (secondary N) is 1. The Balaban J connectivity index is 3.59. The van der Waals surface area contributed by atoms with E-state index in [0.29, 0.717) is 6.04 Å². The van der Waals surface area contributed by atoms with Gasteiger partial charge in [0.2, 0.25) is 0 Å². The molecule has 15 heavy (non-hydrogen) atoms. The van der Waals surface area contributed by atoms with Gasteiger partial charge in [0, 0.05) is 38.4 Å². The SMILES string of the molecule is COCCC(C)N(C)CCNC(C)(C)C. The van der Waals surface area contributed by atoms with Gasteiger partial charge in [-0.15, -0.1) is 0 Å². The Bertz CT molecular complexity index is 154. The highest BCUT2D eigenvalue weighted by Crippen LogP contribution is 2.01. The third-order valence-corrected chi connectivity index (χ3v) is 2.61. The van der Waals surface area contributed by atoms with Crippen LogP contribution in [0.5, 0.6) is 0 Å². The molecule has 0 spiro atoms. The van der Waals surface area contributed by atoms with E-state index >= 15 is 0 Å². The molecule has 0 aliphatic rings. The lowest BCUT2D eigenvalue weighted by Gasteiger charge is -2.27. The highest BCUT2D eigenvalue weighted by Gasteiger charge is 2.11. The van der Waals surface area contributed by atoms with E-state index in [9.17, 15) is 0 Å².